The van der Waals surface area contributed by atoms with Gasteiger partial charge in [-0.2, -0.15) is 5.10 Å². The zero-order chi connectivity index (χ0) is 26.5. The SMILES string of the molecule is COC(=O)CCC/C=C\Cc1c(C)nn(CCCCCCO[Si](C)(C)C(C)(C)C)c1C(OC)OC. The quantitative estimate of drug-likeness (QED) is 0.0782. The number of hydrogen-bond acceptors (Lipinski definition) is 6. The highest BCUT2D eigenvalue weighted by atomic mass is 28.4. The second-order valence-electron chi connectivity index (χ2n) is 10.6. The Morgan fingerprint density at radius 1 is 1.03 bits per heavy atom. The van der Waals surface area contributed by atoms with Crippen LogP contribution in [0.2, 0.25) is 18.1 Å². The fourth-order valence-corrected chi connectivity index (χ4v) is 4.78. The molecule has 0 saturated carbocycles. The van der Waals surface area contributed by atoms with Crippen molar-refractivity contribution in [3.63, 3.8) is 0 Å². The normalized spacial score (nSPS) is 12.7. The summed E-state index contributed by atoms with van der Waals surface area (Å²) in [5, 5.41) is 5.07. The maximum Gasteiger partial charge on any atom is 0.305 e. The molecular formula is C27H50N2O5Si. The van der Waals surface area contributed by atoms with E-state index in [9.17, 15) is 4.79 Å². The van der Waals surface area contributed by atoms with E-state index in [4.69, 9.17) is 19.0 Å². The molecule has 0 N–H and O–H groups in total. The summed E-state index contributed by atoms with van der Waals surface area (Å²) in [6.07, 6.45) is 11.1. The highest BCUT2D eigenvalue weighted by Crippen LogP contribution is 2.36. The van der Waals surface area contributed by atoms with Crippen LogP contribution in [0.15, 0.2) is 12.2 Å². The number of ether oxygens (including phenoxy) is 3. The van der Waals surface area contributed by atoms with E-state index >= 15 is 0 Å². The van der Waals surface area contributed by atoms with Crippen molar-refractivity contribution in [3.05, 3.63) is 29.1 Å². The largest absolute Gasteiger partial charge is 0.469 e. The first kappa shape index (κ1) is 31.5. The second-order valence-corrected chi connectivity index (χ2v) is 15.5. The summed E-state index contributed by atoms with van der Waals surface area (Å²) in [4.78, 5) is 11.2. The molecule has 0 aromatic carbocycles. The molecule has 1 aromatic rings. The van der Waals surface area contributed by atoms with Gasteiger partial charge in [0.15, 0.2) is 8.32 Å². The van der Waals surface area contributed by atoms with E-state index in [0.29, 0.717) is 6.42 Å². The molecule has 0 bridgehead atoms. The van der Waals surface area contributed by atoms with Gasteiger partial charge in [0, 0.05) is 39.4 Å². The number of carbonyl (C=O) groups excluding carboxylic acids is 1. The molecule has 0 aliphatic carbocycles. The van der Waals surface area contributed by atoms with Crippen LogP contribution in [0.4, 0.5) is 0 Å². The number of aromatic nitrogens is 2. The Morgan fingerprint density at radius 3 is 2.29 bits per heavy atom. The fourth-order valence-electron chi connectivity index (χ4n) is 3.69. The lowest BCUT2D eigenvalue weighted by atomic mass is 10.1. The number of allylic oxidation sites excluding steroid dienone is 2. The lowest BCUT2D eigenvalue weighted by Gasteiger charge is -2.36. The summed E-state index contributed by atoms with van der Waals surface area (Å²) in [5.74, 6) is -0.163. The first-order valence-electron chi connectivity index (χ1n) is 13.0. The van der Waals surface area contributed by atoms with E-state index in [1.807, 2.05) is 6.92 Å². The predicted molar refractivity (Wildman–Crippen MR) is 144 cm³/mol. The van der Waals surface area contributed by atoms with Crippen LogP contribution in [-0.4, -0.2) is 52.0 Å². The van der Waals surface area contributed by atoms with Gasteiger partial charge in [-0.05, 0) is 57.2 Å². The maximum absolute atomic E-state index is 11.2. The van der Waals surface area contributed by atoms with Gasteiger partial charge in [-0.1, -0.05) is 45.8 Å². The molecule has 35 heavy (non-hydrogen) atoms. The van der Waals surface area contributed by atoms with E-state index < -0.39 is 14.6 Å². The molecule has 0 atom stereocenters. The Morgan fingerprint density at radius 2 is 1.69 bits per heavy atom. The van der Waals surface area contributed by atoms with Crippen LogP contribution in [0.3, 0.4) is 0 Å². The number of rotatable bonds is 17. The Kier molecular flexibility index (Phi) is 14.1. The molecule has 0 aliphatic rings. The molecule has 1 aromatic heterocycles. The average Bonchev–Trinajstić information content (AvgIpc) is 3.10. The van der Waals surface area contributed by atoms with E-state index in [0.717, 1.165) is 75.0 Å². The van der Waals surface area contributed by atoms with Crippen LogP contribution < -0.4 is 0 Å². The van der Waals surface area contributed by atoms with Gasteiger partial charge < -0.3 is 18.6 Å². The van der Waals surface area contributed by atoms with E-state index in [-0.39, 0.29) is 11.0 Å². The van der Waals surface area contributed by atoms with Gasteiger partial charge in [0.1, 0.15) is 0 Å². The molecule has 0 saturated heterocycles. The molecule has 0 spiro atoms. The van der Waals surface area contributed by atoms with Crippen LogP contribution >= 0.6 is 0 Å². The first-order chi connectivity index (χ1) is 16.5. The van der Waals surface area contributed by atoms with Crippen molar-refractivity contribution in [1.82, 2.24) is 9.78 Å². The molecule has 0 fully saturated rings. The smallest absolute Gasteiger partial charge is 0.305 e. The Labute approximate surface area is 214 Å². The zero-order valence-corrected chi connectivity index (χ0v) is 24.7. The molecule has 202 valence electrons. The van der Waals surface area contributed by atoms with Crippen LogP contribution in [0, 0.1) is 6.92 Å². The fraction of sp³-hybridized carbons (Fsp3) is 0.778. The minimum absolute atomic E-state index is 0.163. The van der Waals surface area contributed by atoms with Crippen molar-refractivity contribution in [2.24, 2.45) is 0 Å². The van der Waals surface area contributed by atoms with Crippen LogP contribution in [0.5, 0.6) is 0 Å². The van der Waals surface area contributed by atoms with Crippen molar-refractivity contribution in [1.29, 1.82) is 0 Å². The standard InChI is InChI=1S/C27H50N2O5Si/c1-22-23(18-14-10-11-15-19-24(30)31-5)25(26(32-6)33-7)29(28-22)20-16-12-13-17-21-34-35(8,9)27(2,3)4/h10,14,26H,11-13,15-21H2,1-9H3/b14-10-. The Hall–Kier alpha value is -1.48. The third kappa shape index (κ3) is 10.6. The molecule has 1 rings (SSSR count). The number of esters is 1. The third-order valence-electron chi connectivity index (χ3n) is 6.95. The summed E-state index contributed by atoms with van der Waals surface area (Å²) in [6, 6.07) is 0. The number of unbranched alkanes of at least 4 members (excludes halogenated alkanes) is 4. The molecule has 0 unspecified atom stereocenters. The predicted octanol–water partition coefficient (Wildman–Crippen LogP) is 6.51. The monoisotopic (exact) mass is 510 g/mol. The maximum atomic E-state index is 11.2. The highest BCUT2D eigenvalue weighted by Gasteiger charge is 2.36. The summed E-state index contributed by atoms with van der Waals surface area (Å²) in [7, 11) is 3.10. The number of nitrogens with zero attached hydrogens (tertiary/aromatic N) is 2. The van der Waals surface area contributed by atoms with E-state index in [1.165, 1.54) is 7.11 Å². The number of methoxy groups -OCH3 is 3. The van der Waals surface area contributed by atoms with Crippen molar-refractivity contribution in [3.8, 4) is 0 Å². The molecule has 1 heterocycles. The lowest BCUT2D eigenvalue weighted by molar-refractivity contribution is -0.140. The Bertz CT molecular complexity index is 779. The van der Waals surface area contributed by atoms with Gasteiger partial charge in [0.2, 0.25) is 6.29 Å². The van der Waals surface area contributed by atoms with E-state index in [1.54, 1.807) is 14.2 Å². The lowest BCUT2D eigenvalue weighted by Crippen LogP contribution is -2.40. The topological polar surface area (TPSA) is 71.8 Å². The minimum Gasteiger partial charge on any atom is -0.469 e. The second kappa shape index (κ2) is 15.6. The van der Waals surface area contributed by atoms with Crippen molar-refractivity contribution in [2.75, 3.05) is 27.9 Å². The number of aryl methyl sites for hydroxylation is 2. The van der Waals surface area contributed by atoms with Crippen molar-refractivity contribution >= 4 is 14.3 Å². The van der Waals surface area contributed by atoms with Crippen LogP contribution in [-0.2, 0) is 36.4 Å². The number of carbonyl (C=O) groups is 1. The van der Waals surface area contributed by atoms with Gasteiger partial charge in [-0.3, -0.25) is 9.48 Å². The molecule has 0 aliphatic heterocycles. The molecule has 7 nitrogen and oxygen atoms in total. The zero-order valence-electron chi connectivity index (χ0n) is 23.7. The molecular weight excluding hydrogens is 460 g/mol. The van der Waals surface area contributed by atoms with Crippen molar-refractivity contribution in [2.45, 2.75) is 110 Å². The molecule has 0 radical (unpaired) electrons. The Balaban J connectivity index is 2.62. The molecule has 8 heteroatoms. The van der Waals surface area contributed by atoms with Gasteiger partial charge in [-0.25, -0.2) is 0 Å². The molecule has 0 amide bonds. The van der Waals surface area contributed by atoms with E-state index in [2.05, 4.69) is 55.4 Å². The van der Waals surface area contributed by atoms with Crippen molar-refractivity contribution < 1.29 is 23.4 Å². The van der Waals surface area contributed by atoms with Crippen LogP contribution in [0.25, 0.3) is 0 Å². The third-order valence-corrected chi connectivity index (χ3v) is 11.5. The highest BCUT2D eigenvalue weighted by molar-refractivity contribution is 6.74. The summed E-state index contributed by atoms with van der Waals surface area (Å²) >= 11 is 0. The summed E-state index contributed by atoms with van der Waals surface area (Å²) in [5.41, 5.74) is 3.14. The number of hydrogen-bond donors (Lipinski definition) is 0. The van der Waals surface area contributed by atoms with Gasteiger partial charge >= 0.3 is 5.97 Å². The van der Waals surface area contributed by atoms with Gasteiger partial charge in [-0.15, -0.1) is 0 Å². The van der Waals surface area contributed by atoms with Crippen LogP contribution in [0.1, 0.15) is 89.0 Å². The minimum atomic E-state index is -1.65. The average molecular weight is 511 g/mol. The van der Waals surface area contributed by atoms with Gasteiger partial charge in [0.05, 0.1) is 18.5 Å². The summed E-state index contributed by atoms with van der Waals surface area (Å²) in [6.45, 7) is 15.2. The first-order valence-corrected chi connectivity index (χ1v) is 15.9. The summed E-state index contributed by atoms with van der Waals surface area (Å²) < 4.78 is 24.3. The van der Waals surface area contributed by atoms with Gasteiger partial charge in [0.25, 0.3) is 0 Å².